The SMILES string of the molecule is Cc1ccc(C(=O)O)c(OCCC=CC(=O)OC(C)(C)C)c1C(=O)O.FC(F)(F)c1ccc(I)cc1. The highest BCUT2D eigenvalue weighted by atomic mass is 127. The zero-order valence-corrected chi connectivity index (χ0v) is 22.1. The summed E-state index contributed by atoms with van der Waals surface area (Å²) >= 11 is 1.96. The predicted molar refractivity (Wildman–Crippen MR) is 134 cm³/mol. The fourth-order valence-corrected chi connectivity index (χ4v) is 3.01. The predicted octanol–water partition coefficient (Wildman–Crippen LogP) is 6.37. The number of rotatable bonds is 7. The van der Waals surface area contributed by atoms with Gasteiger partial charge in [0, 0.05) is 9.65 Å². The minimum absolute atomic E-state index is 0.0172. The summed E-state index contributed by atoms with van der Waals surface area (Å²) in [6.45, 7) is 6.83. The van der Waals surface area contributed by atoms with Gasteiger partial charge in [-0.2, -0.15) is 13.2 Å². The van der Waals surface area contributed by atoms with E-state index < -0.39 is 35.2 Å². The summed E-state index contributed by atoms with van der Waals surface area (Å²) in [6, 6.07) is 7.73. The zero-order chi connectivity index (χ0) is 27.7. The van der Waals surface area contributed by atoms with Crippen LogP contribution in [-0.4, -0.2) is 40.3 Å². The van der Waals surface area contributed by atoms with Crippen LogP contribution in [0.2, 0.25) is 0 Å². The van der Waals surface area contributed by atoms with Gasteiger partial charge in [0.1, 0.15) is 22.5 Å². The highest BCUT2D eigenvalue weighted by Gasteiger charge is 2.29. The average molecular weight is 622 g/mol. The molecule has 7 nitrogen and oxygen atoms in total. The quantitative estimate of drug-likeness (QED) is 0.160. The molecular weight excluding hydrogens is 596 g/mol. The van der Waals surface area contributed by atoms with E-state index in [4.69, 9.17) is 9.47 Å². The molecule has 0 amide bonds. The Balaban J connectivity index is 0.000000488. The molecule has 11 heteroatoms. The molecule has 0 aromatic heterocycles. The number of benzene rings is 2. The number of carboxylic acid groups (broad SMARTS) is 2. The standard InChI is InChI=1S/C18H22O7.C7H4F3I/c1-11-8-9-12(16(20)21)15(14(11)17(22)23)24-10-6-5-7-13(19)25-18(2,3)4;8-7(9,10)5-1-3-6(11)4-2-5/h5,7-9H,6,10H2,1-4H3,(H,20,21)(H,22,23);1-4H. The minimum Gasteiger partial charge on any atom is -0.491 e. The molecule has 0 unspecified atom stereocenters. The first-order valence-electron chi connectivity index (χ1n) is 10.5. The third-order valence-corrected chi connectivity index (χ3v) is 4.89. The Kier molecular flexibility index (Phi) is 11.4. The largest absolute Gasteiger partial charge is 0.491 e. The third-order valence-electron chi connectivity index (χ3n) is 4.17. The van der Waals surface area contributed by atoms with Gasteiger partial charge in [0.2, 0.25) is 0 Å². The van der Waals surface area contributed by atoms with Gasteiger partial charge >= 0.3 is 24.1 Å². The van der Waals surface area contributed by atoms with Crippen LogP contribution in [0.5, 0.6) is 5.75 Å². The fourth-order valence-electron chi connectivity index (χ4n) is 2.65. The van der Waals surface area contributed by atoms with Crippen LogP contribution in [-0.2, 0) is 15.7 Å². The molecule has 2 rings (SSSR count). The molecule has 0 bridgehead atoms. The van der Waals surface area contributed by atoms with Crippen molar-refractivity contribution in [1.82, 2.24) is 0 Å². The summed E-state index contributed by atoms with van der Waals surface area (Å²) in [5.41, 5.74) is -1.20. The molecule has 196 valence electrons. The van der Waals surface area contributed by atoms with Crippen LogP contribution < -0.4 is 4.74 Å². The topological polar surface area (TPSA) is 110 Å². The Morgan fingerprint density at radius 1 is 0.972 bits per heavy atom. The first-order chi connectivity index (χ1) is 16.5. The van der Waals surface area contributed by atoms with Crippen molar-refractivity contribution in [3.8, 4) is 5.75 Å². The molecule has 0 atom stereocenters. The highest BCUT2D eigenvalue weighted by Crippen LogP contribution is 2.29. The molecule has 0 saturated carbocycles. The Morgan fingerprint density at radius 3 is 2.03 bits per heavy atom. The number of alkyl halides is 3. The summed E-state index contributed by atoms with van der Waals surface area (Å²) in [7, 11) is 0. The molecular formula is C25H26F3IO7. The van der Waals surface area contributed by atoms with E-state index in [1.165, 1.54) is 36.4 Å². The second-order valence-electron chi connectivity index (χ2n) is 8.32. The Hall–Kier alpha value is -3.09. The van der Waals surface area contributed by atoms with E-state index in [1.54, 1.807) is 27.7 Å². The van der Waals surface area contributed by atoms with Gasteiger partial charge in [-0.25, -0.2) is 14.4 Å². The summed E-state index contributed by atoms with van der Waals surface area (Å²) in [4.78, 5) is 34.2. The highest BCUT2D eigenvalue weighted by molar-refractivity contribution is 14.1. The smallest absolute Gasteiger partial charge is 0.416 e. The molecule has 0 heterocycles. The van der Waals surface area contributed by atoms with E-state index in [2.05, 4.69) is 0 Å². The lowest BCUT2D eigenvalue weighted by Gasteiger charge is -2.17. The van der Waals surface area contributed by atoms with Crippen LogP contribution in [0.15, 0.2) is 48.6 Å². The molecule has 0 radical (unpaired) electrons. The van der Waals surface area contributed by atoms with Crippen molar-refractivity contribution >= 4 is 40.5 Å². The number of aromatic carboxylic acids is 2. The van der Waals surface area contributed by atoms with Gasteiger partial charge in [0.25, 0.3) is 0 Å². The number of halogens is 4. The van der Waals surface area contributed by atoms with E-state index in [0.29, 0.717) is 5.56 Å². The minimum atomic E-state index is -4.22. The van der Waals surface area contributed by atoms with Gasteiger partial charge in [-0.1, -0.05) is 12.1 Å². The van der Waals surface area contributed by atoms with Gasteiger partial charge in [0.15, 0.2) is 0 Å². The molecule has 0 aliphatic rings. The van der Waals surface area contributed by atoms with Crippen molar-refractivity contribution in [1.29, 1.82) is 0 Å². The van der Waals surface area contributed by atoms with Gasteiger partial charge in [-0.15, -0.1) is 0 Å². The van der Waals surface area contributed by atoms with E-state index in [-0.39, 0.29) is 29.9 Å². The normalized spacial score (nSPS) is 11.4. The first kappa shape index (κ1) is 30.9. The van der Waals surface area contributed by atoms with Crippen LogP contribution in [0.1, 0.15) is 59.0 Å². The number of esters is 1. The maximum Gasteiger partial charge on any atom is 0.416 e. The van der Waals surface area contributed by atoms with E-state index in [9.17, 15) is 37.8 Å². The van der Waals surface area contributed by atoms with Gasteiger partial charge in [-0.05, 0) is 92.6 Å². The second-order valence-corrected chi connectivity index (χ2v) is 9.57. The van der Waals surface area contributed by atoms with Crippen LogP contribution >= 0.6 is 22.6 Å². The first-order valence-corrected chi connectivity index (χ1v) is 11.6. The molecule has 36 heavy (non-hydrogen) atoms. The van der Waals surface area contributed by atoms with E-state index in [1.807, 2.05) is 22.6 Å². The molecule has 0 aliphatic heterocycles. The molecule has 2 N–H and O–H groups in total. The van der Waals surface area contributed by atoms with Gasteiger partial charge in [0.05, 0.1) is 12.2 Å². The lowest BCUT2D eigenvalue weighted by Crippen LogP contribution is -2.22. The molecule has 0 aliphatic carbocycles. The summed E-state index contributed by atoms with van der Waals surface area (Å²) in [6.07, 6.45) is -1.17. The van der Waals surface area contributed by atoms with Crippen molar-refractivity contribution < 1.29 is 47.2 Å². The number of carbonyl (C=O) groups excluding carboxylic acids is 1. The number of carboxylic acids is 2. The summed E-state index contributed by atoms with van der Waals surface area (Å²) < 4.78 is 47.0. The van der Waals surface area contributed by atoms with Crippen molar-refractivity contribution in [3.05, 3.63) is 74.4 Å². The lowest BCUT2D eigenvalue weighted by molar-refractivity contribution is -0.148. The fraction of sp³-hybridized carbons (Fsp3) is 0.320. The zero-order valence-electron chi connectivity index (χ0n) is 20.0. The van der Waals surface area contributed by atoms with Crippen molar-refractivity contribution in [2.24, 2.45) is 0 Å². The Labute approximate surface area is 220 Å². The van der Waals surface area contributed by atoms with Crippen LogP contribution in [0.3, 0.4) is 0 Å². The van der Waals surface area contributed by atoms with Crippen LogP contribution in [0.4, 0.5) is 13.2 Å². The van der Waals surface area contributed by atoms with Crippen molar-refractivity contribution in [2.75, 3.05) is 6.61 Å². The van der Waals surface area contributed by atoms with Crippen molar-refractivity contribution in [3.63, 3.8) is 0 Å². The molecule has 0 fully saturated rings. The lowest BCUT2D eigenvalue weighted by atomic mass is 10.0. The number of aryl methyl sites for hydroxylation is 1. The van der Waals surface area contributed by atoms with Gasteiger partial charge in [-0.3, -0.25) is 0 Å². The summed E-state index contributed by atoms with van der Waals surface area (Å²) in [5, 5.41) is 18.5. The number of hydrogen-bond donors (Lipinski definition) is 2. The van der Waals surface area contributed by atoms with Crippen molar-refractivity contribution in [2.45, 2.75) is 45.9 Å². The average Bonchev–Trinajstić information content (AvgIpc) is 2.71. The molecule has 0 saturated heterocycles. The molecule has 2 aromatic rings. The maximum atomic E-state index is 11.9. The summed E-state index contributed by atoms with van der Waals surface area (Å²) in [5.74, 6) is -3.23. The second kappa shape index (κ2) is 13.3. The maximum absolute atomic E-state index is 11.9. The van der Waals surface area contributed by atoms with Crippen LogP contribution in [0.25, 0.3) is 0 Å². The van der Waals surface area contributed by atoms with Crippen LogP contribution in [0, 0.1) is 10.5 Å². The van der Waals surface area contributed by atoms with Gasteiger partial charge < -0.3 is 19.7 Å². The molecule has 2 aromatic carbocycles. The Morgan fingerprint density at radius 2 is 1.56 bits per heavy atom. The Bertz CT molecular complexity index is 1100. The third kappa shape index (κ3) is 10.7. The number of ether oxygens (including phenoxy) is 2. The number of hydrogen-bond acceptors (Lipinski definition) is 5. The molecule has 0 spiro atoms. The van der Waals surface area contributed by atoms with E-state index >= 15 is 0 Å². The number of carbonyl (C=O) groups is 3. The van der Waals surface area contributed by atoms with E-state index in [0.717, 1.165) is 15.7 Å². The monoisotopic (exact) mass is 622 g/mol.